The Morgan fingerprint density at radius 2 is 2.31 bits per heavy atom. The second-order valence-electron chi connectivity index (χ2n) is 3.17. The second kappa shape index (κ2) is 6.62. The lowest BCUT2D eigenvalue weighted by Crippen LogP contribution is -2.26. The Balaban J connectivity index is 2.74. The number of aliphatic hydroxyl groups is 1. The van der Waals surface area contributed by atoms with Crippen LogP contribution in [-0.4, -0.2) is 34.5 Å². The summed E-state index contributed by atoms with van der Waals surface area (Å²) in [5, 5.41) is 8.75. The molecule has 0 fully saturated rings. The first-order valence-corrected chi connectivity index (χ1v) is 5.51. The zero-order valence-corrected chi connectivity index (χ0v) is 9.90. The van der Waals surface area contributed by atoms with Gasteiger partial charge >= 0.3 is 0 Å². The molecule has 5 nitrogen and oxygen atoms in total. The van der Waals surface area contributed by atoms with Crippen LogP contribution in [0.25, 0.3) is 0 Å². The van der Waals surface area contributed by atoms with Gasteiger partial charge in [-0.15, -0.1) is 0 Å². The van der Waals surface area contributed by atoms with E-state index < -0.39 is 0 Å². The normalized spacial score (nSPS) is 10.7. The summed E-state index contributed by atoms with van der Waals surface area (Å²) in [6.45, 7) is 2.96. The molecule has 16 heavy (non-hydrogen) atoms. The topological polar surface area (TPSA) is 64.4 Å². The minimum absolute atomic E-state index is 0.0194. The lowest BCUT2D eigenvalue weighted by atomic mass is 10.4. The highest BCUT2D eigenvalue weighted by atomic mass is 35.5. The molecule has 90 valence electrons. The van der Waals surface area contributed by atoms with Crippen LogP contribution in [0.4, 0.5) is 0 Å². The van der Waals surface area contributed by atoms with Gasteiger partial charge in [-0.05, 0) is 0 Å². The molecule has 0 atom stereocenters. The molecule has 1 heterocycles. The van der Waals surface area contributed by atoms with Crippen molar-refractivity contribution >= 4 is 11.6 Å². The van der Waals surface area contributed by atoms with Gasteiger partial charge in [0.1, 0.15) is 11.0 Å². The second-order valence-corrected chi connectivity index (χ2v) is 3.56. The van der Waals surface area contributed by atoms with E-state index in [2.05, 4.69) is 4.98 Å². The smallest absolute Gasteiger partial charge is 0.255 e. The molecule has 0 aliphatic carbocycles. The maximum absolute atomic E-state index is 11.6. The predicted molar refractivity (Wildman–Crippen MR) is 60.8 cm³/mol. The summed E-state index contributed by atoms with van der Waals surface area (Å²) >= 11 is 5.70. The van der Waals surface area contributed by atoms with Crippen molar-refractivity contribution in [3.8, 4) is 0 Å². The summed E-state index contributed by atoms with van der Waals surface area (Å²) in [6, 6.07) is 1.28. The largest absolute Gasteiger partial charge is 0.394 e. The van der Waals surface area contributed by atoms with Crippen LogP contribution in [0.3, 0.4) is 0 Å². The van der Waals surface area contributed by atoms with Gasteiger partial charge in [-0.3, -0.25) is 9.36 Å². The third-order valence-electron chi connectivity index (χ3n) is 2.07. The standard InChI is InChI=1S/C10H15ClN2O3/c1-2-9-12-8(11)7-10(15)13(9)3-5-16-6-4-14/h7,14H,2-6H2,1H3. The third kappa shape index (κ3) is 3.59. The van der Waals surface area contributed by atoms with E-state index in [-0.39, 0.29) is 23.9 Å². The Hall–Kier alpha value is -0.910. The van der Waals surface area contributed by atoms with Crippen molar-refractivity contribution in [3.05, 3.63) is 27.4 Å². The van der Waals surface area contributed by atoms with Gasteiger partial charge in [-0.25, -0.2) is 4.98 Å². The summed E-state index contributed by atoms with van der Waals surface area (Å²) in [4.78, 5) is 15.7. The molecule has 1 N–H and O–H groups in total. The molecule has 0 spiro atoms. The third-order valence-corrected chi connectivity index (χ3v) is 2.26. The van der Waals surface area contributed by atoms with Crippen LogP contribution < -0.4 is 5.56 Å². The Bertz CT molecular complexity index is 392. The van der Waals surface area contributed by atoms with E-state index in [1.807, 2.05) is 6.92 Å². The van der Waals surface area contributed by atoms with Crippen LogP contribution in [0.2, 0.25) is 5.15 Å². The molecule has 0 amide bonds. The number of ether oxygens (including phenoxy) is 1. The number of aryl methyl sites for hydroxylation is 1. The fourth-order valence-corrected chi connectivity index (χ4v) is 1.55. The van der Waals surface area contributed by atoms with E-state index >= 15 is 0 Å². The Morgan fingerprint density at radius 3 is 2.94 bits per heavy atom. The van der Waals surface area contributed by atoms with Crippen molar-refractivity contribution in [1.82, 2.24) is 9.55 Å². The van der Waals surface area contributed by atoms with Crippen molar-refractivity contribution in [3.63, 3.8) is 0 Å². The average Bonchev–Trinajstić information content (AvgIpc) is 2.26. The number of hydrogen-bond donors (Lipinski definition) is 1. The SMILES string of the molecule is CCc1nc(Cl)cc(=O)n1CCOCCO. The van der Waals surface area contributed by atoms with Crippen molar-refractivity contribution in [2.45, 2.75) is 19.9 Å². The Kier molecular flexibility index (Phi) is 5.45. The number of nitrogens with zero attached hydrogens (tertiary/aromatic N) is 2. The Labute approximate surface area is 98.6 Å². The van der Waals surface area contributed by atoms with E-state index in [4.69, 9.17) is 21.4 Å². The van der Waals surface area contributed by atoms with Gasteiger partial charge in [0.25, 0.3) is 5.56 Å². The summed E-state index contributed by atoms with van der Waals surface area (Å²) < 4.78 is 6.63. The fourth-order valence-electron chi connectivity index (χ4n) is 1.35. The summed E-state index contributed by atoms with van der Waals surface area (Å²) in [7, 11) is 0. The van der Waals surface area contributed by atoms with E-state index in [1.165, 1.54) is 10.6 Å². The minimum atomic E-state index is -0.176. The summed E-state index contributed by atoms with van der Waals surface area (Å²) in [6.07, 6.45) is 0.635. The van der Waals surface area contributed by atoms with E-state index in [0.29, 0.717) is 25.4 Å². The van der Waals surface area contributed by atoms with Crippen LogP contribution in [0.5, 0.6) is 0 Å². The molecule has 0 saturated carbocycles. The molecule has 0 aliphatic heterocycles. The first-order valence-electron chi connectivity index (χ1n) is 5.14. The first kappa shape index (κ1) is 13.2. The van der Waals surface area contributed by atoms with Gasteiger partial charge in [-0.1, -0.05) is 18.5 Å². The minimum Gasteiger partial charge on any atom is -0.394 e. The van der Waals surface area contributed by atoms with Crippen LogP contribution in [-0.2, 0) is 17.7 Å². The molecule has 0 radical (unpaired) electrons. The molecule has 1 aromatic rings. The van der Waals surface area contributed by atoms with Gasteiger partial charge < -0.3 is 9.84 Å². The highest BCUT2D eigenvalue weighted by molar-refractivity contribution is 6.29. The molecule has 0 saturated heterocycles. The van der Waals surface area contributed by atoms with Gasteiger partial charge in [0, 0.05) is 12.5 Å². The lowest BCUT2D eigenvalue weighted by Gasteiger charge is -2.10. The molecule has 0 unspecified atom stereocenters. The monoisotopic (exact) mass is 246 g/mol. The van der Waals surface area contributed by atoms with E-state index in [1.54, 1.807) is 0 Å². The van der Waals surface area contributed by atoms with Crippen LogP contribution in [0.1, 0.15) is 12.7 Å². The van der Waals surface area contributed by atoms with Crippen molar-refractivity contribution in [1.29, 1.82) is 0 Å². The van der Waals surface area contributed by atoms with Gasteiger partial charge in [0.15, 0.2) is 0 Å². The van der Waals surface area contributed by atoms with E-state index in [0.717, 1.165) is 0 Å². The lowest BCUT2D eigenvalue weighted by molar-refractivity contribution is 0.0860. The maximum Gasteiger partial charge on any atom is 0.255 e. The average molecular weight is 247 g/mol. The van der Waals surface area contributed by atoms with Gasteiger partial charge in [-0.2, -0.15) is 0 Å². The first-order chi connectivity index (χ1) is 7.69. The fraction of sp³-hybridized carbons (Fsp3) is 0.600. The molecular weight excluding hydrogens is 232 g/mol. The maximum atomic E-state index is 11.6. The van der Waals surface area contributed by atoms with Crippen molar-refractivity contribution in [2.24, 2.45) is 0 Å². The molecule has 0 bridgehead atoms. The van der Waals surface area contributed by atoms with Crippen LogP contribution in [0.15, 0.2) is 10.9 Å². The van der Waals surface area contributed by atoms with Gasteiger partial charge in [0.2, 0.25) is 0 Å². The van der Waals surface area contributed by atoms with E-state index in [9.17, 15) is 4.79 Å². The molecule has 0 aromatic carbocycles. The molecule has 0 aliphatic rings. The van der Waals surface area contributed by atoms with Crippen molar-refractivity contribution in [2.75, 3.05) is 19.8 Å². The number of hydrogen-bond acceptors (Lipinski definition) is 4. The zero-order valence-electron chi connectivity index (χ0n) is 9.15. The number of rotatable bonds is 6. The number of aromatic nitrogens is 2. The van der Waals surface area contributed by atoms with Gasteiger partial charge in [0.05, 0.1) is 26.4 Å². The highest BCUT2D eigenvalue weighted by Gasteiger charge is 2.05. The predicted octanol–water partition coefficient (Wildman–Crippen LogP) is 0.468. The molecule has 1 rings (SSSR count). The quantitative estimate of drug-likeness (QED) is 0.585. The molecule has 6 heteroatoms. The zero-order chi connectivity index (χ0) is 12.0. The van der Waals surface area contributed by atoms with Crippen molar-refractivity contribution < 1.29 is 9.84 Å². The summed E-state index contributed by atoms with van der Waals surface area (Å²) in [5.74, 6) is 0.644. The highest BCUT2D eigenvalue weighted by Crippen LogP contribution is 2.02. The molecule has 1 aromatic heterocycles. The van der Waals surface area contributed by atoms with Crippen LogP contribution >= 0.6 is 11.6 Å². The van der Waals surface area contributed by atoms with Crippen LogP contribution in [0, 0.1) is 0 Å². The number of halogens is 1. The Morgan fingerprint density at radius 1 is 1.56 bits per heavy atom. The molecular formula is C10H15ClN2O3. The summed E-state index contributed by atoms with van der Waals surface area (Å²) in [5.41, 5.74) is -0.176. The number of aliphatic hydroxyl groups excluding tert-OH is 1.